The molecule has 1 amide bonds. The number of hydrogen-bond acceptors (Lipinski definition) is 6. The van der Waals surface area contributed by atoms with Crippen molar-refractivity contribution >= 4 is 33.3 Å². The fraction of sp³-hybridized carbons (Fsp3) is 0.333. The Bertz CT molecular complexity index is 690. The van der Waals surface area contributed by atoms with E-state index in [9.17, 15) is 9.90 Å². The molecule has 1 unspecified atom stereocenters. The average Bonchev–Trinajstić information content (AvgIpc) is 2.94. The summed E-state index contributed by atoms with van der Waals surface area (Å²) in [6.45, 7) is 0.129. The molecular formula is C12H14N4O3S. The van der Waals surface area contributed by atoms with E-state index in [2.05, 4.69) is 5.10 Å². The quantitative estimate of drug-likeness (QED) is 0.848. The van der Waals surface area contributed by atoms with Crippen molar-refractivity contribution in [1.82, 2.24) is 9.58 Å². The summed E-state index contributed by atoms with van der Waals surface area (Å²) in [5.41, 5.74) is 5.85. The Morgan fingerprint density at radius 1 is 1.65 bits per heavy atom. The van der Waals surface area contributed by atoms with Gasteiger partial charge in [-0.05, 0) is 17.5 Å². The number of hydrazone groups is 1. The van der Waals surface area contributed by atoms with Gasteiger partial charge in [-0.3, -0.25) is 14.4 Å². The van der Waals surface area contributed by atoms with Crippen molar-refractivity contribution in [2.45, 2.75) is 6.23 Å². The molecule has 3 heterocycles. The highest BCUT2D eigenvalue weighted by Crippen LogP contribution is 2.32. The number of aromatic nitrogens is 1. The predicted molar refractivity (Wildman–Crippen MR) is 75.4 cm³/mol. The van der Waals surface area contributed by atoms with Gasteiger partial charge in [-0.15, -0.1) is 11.3 Å². The minimum Gasteiger partial charge on any atom is -0.377 e. The molecule has 0 fully saturated rings. The van der Waals surface area contributed by atoms with Crippen molar-refractivity contribution in [1.29, 1.82) is 0 Å². The number of nitrogens with two attached hydrogens (primary N) is 1. The molecule has 3 rings (SSSR count). The molecule has 3 N–H and O–H groups in total. The third-order valence-corrected chi connectivity index (χ3v) is 3.99. The van der Waals surface area contributed by atoms with Gasteiger partial charge in [0.15, 0.2) is 12.1 Å². The van der Waals surface area contributed by atoms with E-state index in [-0.39, 0.29) is 13.2 Å². The maximum Gasteiger partial charge on any atom is 0.238 e. The molecule has 2 aromatic rings. The number of methoxy groups -OCH3 is 1. The van der Waals surface area contributed by atoms with Gasteiger partial charge in [0.05, 0.1) is 5.69 Å². The lowest BCUT2D eigenvalue weighted by molar-refractivity contribution is -0.122. The Morgan fingerprint density at radius 2 is 2.45 bits per heavy atom. The van der Waals surface area contributed by atoms with E-state index < -0.39 is 12.1 Å². The van der Waals surface area contributed by atoms with Crippen molar-refractivity contribution in [2.24, 2.45) is 10.8 Å². The van der Waals surface area contributed by atoms with Gasteiger partial charge in [-0.1, -0.05) is 0 Å². The summed E-state index contributed by atoms with van der Waals surface area (Å²) in [6.07, 6.45) is -0.997. The normalized spacial score (nSPS) is 18.2. The second-order valence-corrected chi connectivity index (χ2v) is 5.37. The molecule has 106 valence electrons. The number of thiophene rings is 1. The summed E-state index contributed by atoms with van der Waals surface area (Å²) < 4.78 is 7.02. The second-order valence-electron chi connectivity index (χ2n) is 4.47. The van der Waals surface area contributed by atoms with E-state index in [1.807, 2.05) is 22.1 Å². The van der Waals surface area contributed by atoms with Crippen LogP contribution in [-0.2, 0) is 9.53 Å². The maximum absolute atomic E-state index is 11.1. The molecule has 0 aliphatic carbocycles. The van der Waals surface area contributed by atoms with Crippen LogP contribution in [0.4, 0.5) is 0 Å². The molecule has 1 aliphatic rings. The topological polar surface area (TPSA) is 93.1 Å². The SMILES string of the molecule is COCC1=NN(CC(N)=O)C(O)c2cc3ccsc3n21. The van der Waals surface area contributed by atoms with Crippen LogP contribution < -0.4 is 5.73 Å². The molecule has 0 spiro atoms. The maximum atomic E-state index is 11.1. The highest BCUT2D eigenvalue weighted by atomic mass is 32.1. The van der Waals surface area contributed by atoms with E-state index >= 15 is 0 Å². The standard InChI is InChI=1S/C12H14N4O3S/c1-19-6-10-14-15(5-9(13)17)11(18)8-4-7-2-3-20-12(7)16(8)10/h2-4,11,18H,5-6H2,1H3,(H2,13,17). The summed E-state index contributed by atoms with van der Waals surface area (Å²) >= 11 is 1.56. The van der Waals surface area contributed by atoms with E-state index in [4.69, 9.17) is 10.5 Å². The molecule has 0 aromatic carbocycles. The summed E-state index contributed by atoms with van der Waals surface area (Å²) in [6, 6.07) is 3.86. The molecule has 2 aromatic heterocycles. The Labute approximate surface area is 118 Å². The van der Waals surface area contributed by atoms with Crippen LogP contribution in [-0.4, -0.2) is 46.7 Å². The lowest BCUT2D eigenvalue weighted by Crippen LogP contribution is -2.40. The average molecular weight is 294 g/mol. The third kappa shape index (κ3) is 1.98. The highest BCUT2D eigenvalue weighted by Gasteiger charge is 2.30. The summed E-state index contributed by atoms with van der Waals surface area (Å²) in [5.74, 6) is 0.0675. The van der Waals surface area contributed by atoms with Crippen LogP contribution in [0.15, 0.2) is 22.6 Å². The zero-order valence-corrected chi connectivity index (χ0v) is 11.6. The van der Waals surface area contributed by atoms with Gasteiger partial charge in [0.2, 0.25) is 5.91 Å². The van der Waals surface area contributed by atoms with Crippen LogP contribution in [0.25, 0.3) is 10.2 Å². The predicted octanol–water partition coefficient (Wildman–Crippen LogP) is 0.303. The number of aliphatic hydroxyl groups is 1. The number of ether oxygens (including phenoxy) is 1. The molecule has 1 atom stereocenters. The molecule has 7 nitrogen and oxygen atoms in total. The van der Waals surface area contributed by atoms with Crippen LogP contribution in [0.3, 0.4) is 0 Å². The first-order valence-corrected chi connectivity index (χ1v) is 6.88. The van der Waals surface area contributed by atoms with Crippen LogP contribution in [0, 0.1) is 0 Å². The zero-order valence-electron chi connectivity index (χ0n) is 10.8. The van der Waals surface area contributed by atoms with Crippen molar-refractivity contribution < 1.29 is 14.6 Å². The van der Waals surface area contributed by atoms with Crippen molar-refractivity contribution in [2.75, 3.05) is 20.3 Å². The largest absolute Gasteiger partial charge is 0.377 e. The molecule has 8 heteroatoms. The van der Waals surface area contributed by atoms with E-state index in [1.54, 1.807) is 18.4 Å². The summed E-state index contributed by atoms with van der Waals surface area (Å²) in [7, 11) is 1.57. The number of carbonyl (C=O) groups excluding carboxylic acids is 1. The third-order valence-electron chi connectivity index (χ3n) is 3.08. The Kier molecular flexibility index (Phi) is 3.20. The fourth-order valence-corrected chi connectivity index (χ4v) is 3.23. The minimum absolute atomic E-state index is 0.146. The van der Waals surface area contributed by atoms with Crippen LogP contribution in [0.1, 0.15) is 11.9 Å². The van der Waals surface area contributed by atoms with Gasteiger partial charge < -0.3 is 15.6 Å². The zero-order chi connectivity index (χ0) is 14.3. The van der Waals surface area contributed by atoms with E-state index in [0.717, 1.165) is 10.2 Å². The fourth-order valence-electron chi connectivity index (χ4n) is 2.30. The second kappa shape index (κ2) is 4.89. The molecular weight excluding hydrogens is 280 g/mol. The first-order chi connectivity index (χ1) is 9.61. The number of hydrogen-bond donors (Lipinski definition) is 2. The van der Waals surface area contributed by atoms with Gasteiger partial charge >= 0.3 is 0 Å². The summed E-state index contributed by atoms with van der Waals surface area (Å²) in [4.78, 5) is 12.1. The minimum atomic E-state index is -0.997. The van der Waals surface area contributed by atoms with Crippen LogP contribution in [0.5, 0.6) is 0 Å². The Balaban J connectivity index is 2.11. The lowest BCUT2D eigenvalue weighted by Gasteiger charge is -2.30. The van der Waals surface area contributed by atoms with Crippen molar-refractivity contribution in [3.63, 3.8) is 0 Å². The number of carbonyl (C=O) groups is 1. The van der Waals surface area contributed by atoms with Gasteiger partial charge in [0.1, 0.15) is 18.0 Å². The van der Waals surface area contributed by atoms with E-state index in [0.29, 0.717) is 11.5 Å². The lowest BCUT2D eigenvalue weighted by atomic mass is 10.3. The monoisotopic (exact) mass is 294 g/mol. The van der Waals surface area contributed by atoms with Crippen molar-refractivity contribution in [3.05, 3.63) is 23.2 Å². The molecule has 0 bridgehead atoms. The smallest absolute Gasteiger partial charge is 0.238 e. The van der Waals surface area contributed by atoms with Crippen LogP contribution in [0.2, 0.25) is 0 Å². The molecule has 0 radical (unpaired) electrons. The molecule has 1 aliphatic heterocycles. The number of nitrogens with zero attached hydrogens (tertiary/aromatic N) is 3. The Morgan fingerprint density at radius 3 is 3.15 bits per heavy atom. The van der Waals surface area contributed by atoms with Gasteiger partial charge in [0.25, 0.3) is 0 Å². The van der Waals surface area contributed by atoms with Gasteiger partial charge in [-0.2, -0.15) is 5.10 Å². The summed E-state index contributed by atoms with van der Waals surface area (Å²) in [5, 5.41) is 18.9. The number of rotatable bonds is 4. The molecule has 0 saturated heterocycles. The Hall–Kier alpha value is -1.90. The van der Waals surface area contributed by atoms with Crippen molar-refractivity contribution in [3.8, 4) is 0 Å². The first kappa shape index (κ1) is 13.1. The first-order valence-electron chi connectivity index (χ1n) is 6.00. The highest BCUT2D eigenvalue weighted by molar-refractivity contribution is 7.17. The molecule has 20 heavy (non-hydrogen) atoms. The van der Waals surface area contributed by atoms with Gasteiger partial charge in [-0.25, -0.2) is 0 Å². The van der Waals surface area contributed by atoms with Gasteiger partial charge in [0, 0.05) is 12.5 Å². The van der Waals surface area contributed by atoms with E-state index in [1.165, 1.54) is 5.01 Å². The number of primary amides is 1. The number of aliphatic hydroxyl groups excluding tert-OH is 1. The number of amides is 1. The van der Waals surface area contributed by atoms with Crippen LogP contribution >= 0.6 is 11.3 Å². The molecule has 0 saturated carbocycles. The number of fused-ring (bicyclic) bond motifs is 3.